The Labute approximate surface area is 146 Å². The zero-order valence-corrected chi connectivity index (χ0v) is 16.2. The number of hydrogen-bond acceptors (Lipinski definition) is 3. The summed E-state index contributed by atoms with van der Waals surface area (Å²) >= 11 is 0. The summed E-state index contributed by atoms with van der Waals surface area (Å²) in [6, 6.07) is 4.83. The van der Waals surface area contributed by atoms with Gasteiger partial charge >= 0.3 is 7.12 Å². The minimum Gasteiger partial charge on any atom is -0.497 e. The van der Waals surface area contributed by atoms with Crippen LogP contribution in [0.3, 0.4) is 0 Å². The van der Waals surface area contributed by atoms with E-state index in [9.17, 15) is 4.39 Å². The molecule has 0 aromatic heterocycles. The summed E-state index contributed by atoms with van der Waals surface area (Å²) in [7, 11) is 1.13. The van der Waals surface area contributed by atoms with Crippen LogP contribution in [0.15, 0.2) is 18.2 Å². The third-order valence-corrected chi connectivity index (χ3v) is 4.99. The second-order valence-electron chi connectivity index (χ2n) is 8.92. The van der Waals surface area contributed by atoms with Crippen LogP contribution in [0.5, 0.6) is 5.75 Å². The van der Waals surface area contributed by atoms with E-state index < -0.39 is 18.3 Å². The van der Waals surface area contributed by atoms with E-state index in [0.717, 1.165) is 12.0 Å². The molecule has 0 spiro atoms. The van der Waals surface area contributed by atoms with Crippen molar-refractivity contribution in [3.05, 3.63) is 29.6 Å². The van der Waals surface area contributed by atoms with Gasteiger partial charge in [0.1, 0.15) is 11.6 Å². The molecule has 0 N–H and O–H groups in total. The Morgan fingerprint density at radius 2 is 1.62 bits per heavy atom. The van der Waals surface area contributed by atoms with Crippen LogP contribution in [0.2, 0.25) is 0 Å². The average molecular weight is 336 g/mol. The quantitative estimate of drug-likeness (QED) is 0.726. The highest BCUT2D eigenvalue weighted by atomic mass is 19.1. The Kier molecular flexibility index (Phi) is 5.09. The van der Waals surface area contributed by atoms with Gasteiger partial charge in [-0.3, -0.25) is 0 Å². The second kappa shape index (κ2) is 6.34. The maximum atomic E-state index is 14.0. The monoisotopic (exact) mass is 336 g/mol. The lowest BCUT2D eigenvalue weighted by Gasteiger charge is -2.32. The van der Waals surface area contributed by atoms with Gasteiger partial charge in [0.15, 0.2) is 0 Å². The van der Waals surface area contributed by atoms with Crippen molar-refractivity contribution in [2.75, 3.05) is 7.11 Å². The number of methoxy groups -OCH3 is 1. The second-order valence-corrected chi connectivity index (χ2v) is 8.92. The van der Waals surface area contributed by atoms with E-state index >= 15 is 0 Å². The Bertz CT molecular complexity index is 577. The lowest BCUT2D eigenvalue weighted by Crippen LogP contribution is -2.41. The Morgan fingerprint density at radius 1 is 1.08 bits per heavy atom. The van der Waals surface area contributed by atoms with Crippen LogP contribution >= 0.6 is 0 Å². The Hall–Kier alpha value is -1.07. The smallest absolute Gasteiger partial charge is 0.465 e. The van der Waals surface area contributed by atoms with E-state index in [-0.39, 0.29) is 17.0 Å². The SMILES string of the molecule is COc1cc(F)cc(C(CC(C)(C)C)B2OC(C)(C)C(C)(C)O2)c1. The van der Waals surface area contributed by atoms with E-state index in [1.165, 1.54) is 6.07 Å². The van der Waals surface area contributed by atoms with Gasteiger partial charge in [-0.05, 0) is 57.2 Å². The fourth-order valence-corrected chi connectivity index (χ4v) is 3.00. The summed E-state index contributed by atoms with van der Waals surface area (Å²) in [6.45, 7) is 14.6. The van der Waals surface area contributed by atoms with Crippen LogP contribution in [-0.4, -0.2) is 25.4 Å². The first kappa shape index (κ1) is 19.3. The molecule has 1 atom stereocenters. The third kappa shape index (κ3) is 4.12. The standard InChI is InChI=1S/C19H30BFO3/c1-17(2,3)12-16(13-9-14(21)11-15(10-13)22-8)20-23-18(4,5)19(6,7)24-20/h9-11,16H,12H2,1-8H3. The van der Waals surface area contributed by atoms with Gasteiger partial charge in [-0.25, -0.2) is 4.39 Å². The maximum absolute atomic E-state index is 14.0. The van der Waals surface area contributed by atoms with E-state index in [1.54, 1.807) is 13.2 Å². The molecule has 0 bridgehead atoms. The van der Waals surface area contributed by atoms with Crippen molar-refractivity contribution in [2.45, 2.75) is 71.9 Å². The maximum Gasteiger partial charge on any atom is 0.465 e. The molecule has 0 aliphatic carbocycles. The van der Waals surface area contributed by atoms with Crippen LogP contribution in [-0.2, 0) is 9.31 Å². The first-order valence-corrected chi connectivity index (χ1v) is 8.55. The molecule has 1 fully saturated rings. The van der Waals surface area contributed by atoms with Gasteiger partial charge in [0, 0.05) is 11.9 Å². The van der Waals surface area contributed by atoms with Crippen LogP contribution in [0, 0.1) is 11.2 Å². The molecule has 3 nitrogen and oxygen atoms in total. The molecule has 5 heteroatoms. The summed E-state index contributed by atoms with van der Waals surface area (Å²) in [5.41, 5.74) is 0.0739. The topological polar surface area (TPSA) is 27.7 Å². The predicted molar refractivity (Wildman–Crippen MR) is 95.8 cm³/mol. The predicted octanol–water partition coefficient (Wildman–Crippen LogP) is 4.99. The van der Waals surface area contributed by atoms with E-state index in [2.05, 4.69) is 20.8 Å². The molecule has 1 aliphatic rings. The molecule has 0 radical (unpaired) electrons. The summed E-state index contributed by atoms with van der Waals surface area (Å²) in [5.74, 6) is 0.135. The van der Waals surface area contributed by atoms with Gasteiger partial charge in [0.05, 0.1) is 18.3 Å². The number of rotatable bonds is 4. The van der Waals surface area contributed by atoms with Crippen molar-refractivity contribution in [1.82, 2.24) is 0 Å². The molecule has 1 unspecified atom stereocenters. The zero-order chi connectivity index (χ0) is 18.3. The Morgan fingerprint density at radius 3 is 2.08 bits per heavy atom. The number of halogens is 1. The molecule has 0 saturated carbocycles. The van der Waals surface area contributed by atoms with Crippen LogP contribution in [0.25, 0.3) is 0 Å². The van der Waals surface area contributed by atoms with Crippen molar-refractivity contribution in [2.24, 2.45) is 5.41 Å². The van der Waals surface area contributed by atoms with Crippen molar-refractivity contribution in [3.8, 4) is 5.75 Å². The third-order valence-electron chi connectivity index (χ3n) is 4.99. The lowest BCUT2D eigenvalue weighted by molar-refractivity contribution is 0.00578. The molecule has 134 valence electrons. The van der Waals surface area contributed by atoms with Gasteiger partial charge in [-0.2, -0.15) is 0 Å². The lowest BCUT2D eigenvalue weighted by atomic mass is 9.62. The minimum atomic E-state index is -0.416. The Balaban J connectivity index is 2.42. The van der Waals surface area contributed by atoms with Gasteiger partial charge in [-0.15, -0.1) is 0 Å². The van der Waals surface area contributed by atoms with Crippen LogP contribution in [0.1, 0.15) is 66.3 Å². The first-order valence-electron chi connectivity index (χ1n) is 8.55. The molecule has 2 rings (SSSR count). The van der Waals surface area contributed by atoms with Crippen molar-refractivity contribution < 1.29 is 18.4 Å². The zero-order valence-electron chi connectivity index (χ0n) is 16.2. The highest BCUT2D eigenvalue weighted by Gasteiger charge is 2.54. The van der Waals surface area contributed by atoms with Gasteiger partial charge in [0.2, 0.25) is 0 Å². The molecule has 1 heterocycles. The number of ether oxygens (including phenoxy) is 1. The highest BCUT2D eigenvalue weighted by molar-refractivity contribution is 6.47. The summed E-state index contributed by atoms with van der Waals surface area (Å²) < 4.78 is 31.8. The van der Waals surface area contributed by atoms with Gasteiger partial charge in [-0.1, -0.05) is 20.8 Å². The molecular weight excluding hydrogens is 306 g/mol. The van der Waals surface area contributed by atoms with Crippen LogP contribution < -0.4 is 4.74 Å². The molecule has 24 heavy (non-hydrogen) atoms. The van der Waals surface area contributed by atoms with E-state index in [1.807, 2.05) is 33.8 Å². The molecule has 1 saturated heterocycles. The van der Waals surface area contributed by atoms with E-state index in [0.29, 0.717) is 5.75 Å². The van der Waals surface area contributed by atoms with Gasteiger partial charge in [0.25, 0.3) is 0 Å². The number of hydrogen-bond donors (Lipinski definition) is 0. The van der Waals surface area contributed by atoms with Crippen LogP contribution in [0.4, 0.5) is 4.39 Å². The highest BCUT2D eigenvalue weighted by Crippen LogP contribution is 2.44. The molecule has 1 aromatic rings. The molecule has 1 aliphatic heterocycles. The molecular formula is C19H30BFO3. The largest absolute Gasteiger partial charge is 0.497 e. The fraction of sp³-hybridized carbons (Fsp3) is 0.684. The average Bonchev–Trinajstić information content (AvgIpc) is 2.63. The van der Waals surface area contributed by atoms with Crippen molar-refractivity contribution >= 4 is 7.12 Å². The minimum absolute atomic E-state index is 0.0494. The number of benzene rings is 1. The summed E-state index contributed by atoms with van der Waals surface area (Å²) in [6.07, 6.45) is 0.816. The molecule has 1 aromatic carbocycles. The van der Waals surface area contributed by atoms with Crippen molar-refractivity contribution in [1.29, 1.82) is 0 Å². The van der Waals surface area contributed by atoms with E-state index in [4.69, 9.17) is 14.0 Å². The first-order chi connectivity index (χ1) is 10.8. The normalized spacial score (nSPS) is 21.0. The summed E-state index contributed by atoms with van der Waals surface area (Å²) in [5, 5.41) is 0. The summed E-state index contributed by atoms with van der Waals surface area (Å²) in [4.78, 5) is 0. The van der Waals surface area contributed by atoms with Gasteiger partial charge < -0.3 is 14.0 Å². The van der Waals surface area contributed by atoms with Crippen molar-refractivity contribution in [3.63, 3.8) is 0 Å². The molecule has 0 amide bonds. The fourth-order valence-electron chi connectivity index (χ4n) is 3.00.